The Bertz CT molecular complexity index is 995. The molecule has 1 aromatic carbocycles. The molecule has 0 fully saturated rings. The van der Waals surface area contributed by atoms with E-state index in [0.717, 1.165) is 25.0 Å². The lowest BCUT2D eigenvalue weighted by Gasteiger charge is -2.03. The van der Waals surface area contributed by atoms with Crippen molar-refractivity contribution in [3.8, 4) is 0 Å². The molecular formula is C27H39N3O3. The highest BCUT2D eigenvalue weighted by Crippen LogP contribution is 2.14. The number of fused-ring (bicyclic) bond motifs is 1. The number of benzene rings is 1. The van der Waals surface area contributed by atoms with Crippen LogP contribution in [0.2, 0.25) is 0 Å². The summed E-state index contributed by atoms with van der Waals surface area (Å²) >= 11 is 0. The molecule has 0 saturated carbocycles. The van der Waals surface area contributed by atoms with Gasteiger partial charge in [0.25, 0.3) is 0 Å². The fourth-order valence-electron chi connectivity index (χ4n) is 4.29. The van der Waals surface area contributed by atoms with E-state index in [2.05, 4.69) is 10.3 Å². The van der Waals surface area contributed by atoms with Crippen molar-refractivity contribution >= 4 is 11.0 Å². The molecule has 1 N–H and O–H groups in total. The molecule has 6 nitrogen and oxygen atoms in total. The van der Waals surface area contributed by atoms with E-state index in [-0.39, 0.29) is 5.43 Å². The van der Waals surface area contributed by atoms with Crippen molar-refractivity contribution in [2.45, 2.75) is 96.4 Å². The van der Waals surface area contributed by atoms with Gasteiger partial charge in [0.05, 0.1) is 23.2 Å². The van der Waals surface area contributed by atoms with Gasteiger partial charge in [0, 0.05) is 12.8 Å². The number of unbranched alkanes of at least 4 members (excludes halogenated alkanes) is 12. The molecular weight excluding hydrogens is 414 g/mol. The molecule has 0 aliphatic heterocycles. The van der Waals surface area contributed by atoms with Crippen LogP contribution in [0.25, 0.3) is 11.0 Å². The smallest absolute Gasteiger partial charge is 0.197 e. The van der Waals surface area contributed by atoms with E-state index in [4.69, 9.17) is 9.52 Å². The molecule has 0 amide bonds. The van der Waals surface area contributed by atoms with E-state index < -0.39 is 0 Å². The van der Waals surface area contributed by atoms with Crippen molar-refractivity contribution < 1.29 is 9.52 Å². The summed E-state index contributed by atoms with van der Waals surface area (Å²) in [7, 11) is 0. The van der Waals surface area contributed by atoms with Gasteiger partial charge in [-0.05, 0) is 31.4 Å². The van der Waals surface area contributed by atoms with Crippen molar-refractivity contribution in [2.75, 3.05) is 6.61 Å². The van der Waals surface area contributed by atoms with Crippen LogP contribution in [-0.2, 0) is 13.0 Å². The molecule has 33 heavy (non-hydrogen) atoms. The number of hydrogen-bond donors (Lipinski definition) is 1. The van der Waals surface area contributed by atoms with E-state index in [1.54, 1.807) is 16.8 Å². The Morgan fingerprint density at radius 2 is 1.42 bits per heavy atom. The average molecular weight is 454 g/mol. The highest BCUT2D eigenvalue weighted by molar-refractivity contribution is 5.76. The Kier molecular flexibility index (Phi) is 11.2. The molecule has 0 bridgehead atoms. The minimum absolute atomic E-state index is 0.00746. The van der Waals surface area contributed by atoms with Gasteiger partial charge in [-0.25, -0.2) is 4.68 Å². The Morgan fingerprint density at radius 1 is 0.818 bits per heavy atom. The van der Waals surface area contributed by atoms with Crippen molar-refractivity contribution in [1.29, 1.82) is 0 Å². The predicted molar refractivity (Wildman–Crippen MR) is 132 cm³/mol. The largest absolute Gasteiger partial charge is 0.464 e. The van der Waals surface area contributed by atoms with Crippen molar-refractivity contribution in [1.82, 2.24) is 15.0 Å². The second-order valence-electron chi connectivity index (χ2n) is 9.06. The Morgan fingerprint density at radius 3 is 2.09 bits per heavy atom. The number of rotatable bonds is 17. The van der Waals surface area contributed by atoms with Crippen LogP contribution in [0.15, 0.2) is 45.9 Å². The third kappa shape index (κ3) is 8.77. The minimum atomic E-state index is -0.00746. The Labute approximate surface area is 197 Å². The summed E-state index contributed by atoms with van der Waals surface area (Å²) in [4.78, 5) is 12.6. The van der Waals surface area contributed by atoms with Crippen LogP contribution in [0.5, 0.6) is 0 Å². The maximum atomic E-state index is 12.6. The Balaban J connectivity index is 1.24. The van der Waals surface area contributed by atoms with Crippen LogP contribution in [0.3, 0.4) is 0 Å². The molecule has 0 radical (unpaired) electrons. The standard InChI is InChI=1S/C27H39N3O3/c31-19-15-11-9-7-5-3-1-2-4-6-8-10-12-16-24-21-30(29-28-24)20-23-22-33-26-18-14-13-17-25(26)27(23)32/h13-14,17-18,21-22,31H,1-12,15-16,19-20H2. The van der Waals surface area contributed by atoms with Gasteiger partial charge in [-0.3, -0.25) is 4.79 Å². The summed E-state index contributed by atoms with van der Waals surface area (Å²) < 4.78 is 7.32. The zero-order valence-electron chi connectivity index (χ0n) is 19.9. The van der Waals surface area contributed by atoms with Gasteiger partial charge < -0.3 is 9.52 Å². The zero-order chi connectivity index (χ0) is 23.1. The first kappa shape index (κ1) is 25.2. The summed E-state index contributed by atoms with van der Waals surface area (Å²) in [6.07, 6.45) is 20.9. The molecule has 180 valence electrons. The quantitative estimate of drug-likeness (QED) is 0.252. The molecule has 0 saturated heterocycles. The fourth-order valence-corrected chi connectivity index (χ4v) is 4.29. The summed E-state index contributed by atoms with van der Waals surface area (Å²) in [6.45, 7) is 0.717. The van der Waals surface area contributed by atoms with Crippen LogP contribution in [-0.4, -0.2) is 26.7 Å². The van der Waals surface area contributed by atoms with Gasteiger partial charge in [0.15, 0.2) is 5.43 Å². The molecule has 3 rings (SSSR count). The monoisotopic (exact) mass is 453 g/mol. The minimum Gasteiger partial charge on any atom is -0.464 e. The first-order valence-electron chi connectivity index (χ1n) is 12.8. The lowest BCUT2D eigenvalue weighted by Crippen LogP contribution is -2.13. The number of para-hydroxylation sites is 1. The Hall–Kier alpha value is -2.47. The van der Waals surface area contributed by atoms with Crippen LogP contribution in [0, 0.1) is 0 Å². The van der Waals surface area contributed by atoms with Crippen molar-refractivity contribution in [3.05, 3.63) is 58.2 Å². The summed E-state index contributed by atoms with van der Waals surface area (Å²) in [5.41, 5.74) is 2.17. The third-order valence-corrected chi connectivity index (χ3v) is 6.26. The third-order valence-electron chi connectivity index (χ3n) is 6.26. The van der Waals surface area contributed by atoms with E-state index >= 15 is 0 Å². The topological polar surface area (TPSA) is 81.2 Å². The molecule has 0 aliphatic rings. The highest BCUT2D eigenvalue weighted by atomic mass is 16.3. The lowest BCUT2D eigenvalue weighted by molar-refractivity contribution is 0.282. The van der Waals surface area contributed by atoms with Gasteiger partial charge in [-0.1, -0.05) is 88.0 Å². The average Bonchev–Trinajstić information content (AvgIpc) is 3.28. The lowest BCUT2D eigenvalue weighted by atomic mass is 10.0. The molecule has 2 heterocycles. The fraction of sp³-hybridized carbons (Fsp3) is 0.593. The zero-order valence-corrected chi connectivity index (χ0v) is 19.9. The van der Waals surface area contributed by atoms with Gasteiger partial charge >= 0.3 is 0 Å². The molecule has 2 aromatic heterocycles. The number of nitrogens with zero attached hydrogens (tertiary/aromatic N) is 3. The molecule has 0 unspecified atom stereocenters. The second-order valence-corrected chi connectivity index (χ2v) is 9.06. The van der Waals surface area contributed by atoms with Crippen molar-refractivity contribution in [2.24, 2.45) is 0 Å². The van der Waals surface area contributed by atoms with E-state index in [1.807, 2.05) is 18.3 Å². The summed E-state index contributed by atoms with van der Waals surface area (Å²) in [6, 6.07) is 7.30. The molecule has 0 spiro atoms. The second kappa shape index (κ2) is 14.6. The molecule has 0 aliphatic carbocycles. The number of hydrogen-bond acceptors (Lipinski definition) is 5. The molecule has 6 heteroatoms. The van der Waals surface area contributed by atoms with Gasteiger partial charge in [0.1, 0.15) is 11.8 Å². The van der Waals surface area contributed by atoms with Crippen LogP contribution < -0.4 is 5.43 Å². The maximum absolute atomic E-state index is 12.6. The van der Waals surface area contributed by atoms with Crippen LogP contribution in [0.1, 0.15) is 94.7 Å². The van der Waals surface area contributed by atoms with Gasteiger partial charge in [-0.15, -0.1) is 5.10 Å². The van der Waals surface area contributed by atoms with Gasteiger partial charge in [-0.2, -0.15) is 0 Å². The highest BCUT2D eigenvalue weighted by Gasteiger charge is 2.09. The van der Waals surface area contributed by atoms with E-state index in [0.29, 0.717) is 29.7 Å². The number of aromatic nitrogens is 3. The summed E-state index contributed by atoms with van der Waals surface area (Å²) in [5.74, 6) is 0. The molecule has 3 aromatic rings. The number of aliphatic hydroxyl groups is 1. The van der Waals surface area contributed by atoms with Gasteiger partial charge in [0.2, 0.25) is 0 Å². The first-order valence-corrected chi connectivity index (χ1v) is 12.8. The summed E-state index contributed by atoms with van der Waals surface area (Å²) in [5, 5.41) is 17.8. The van der Waals surface area contributed by atoms with Crippen LogP contribution in [0.4, 0.5) is 0 Å². The molecule has 0 atom stereocenters. The number of aryl methyl sites for hydroxylation is 1. The van der Waals surface area contributed by atoms with E-state index in [1.165, 1.54) is 76.9 Å². The SMILES string of the molecule is O=c1c(Cn2cc(CCCCCCCCCCCCCCCO)nn2)coc2ccccc12. The first-order chi connectivity index (χ1) is 16.3. The van der Waals surface area contributed by atoms with Crippen molar-refractivity contribution in [3.63, 3.8) is 0 Å². The predicted octanol–water partition coefficient (Wildman–Crippen LogP) is 6.04. The van der Waals surface area contributed by atoms with Crippen LogP contribution >= 0.6 is 0 Å². The normalized spacial score (nSPS) is 11.4. The number of aliphatic hydroxyl groups excluding tert-OH is 1. The maximum Gasteiger partial charge on any atom is 0.197 e. The van der Waals surface area contributed by atoms with E-state index in [9.17, 15) is 4.79 Å².